The van der Waals surface area contributed by atoms with E-state index in [1.807, 2.05) is 29.6 Å². The van der Waals surface area contributed by atoms with Crippen LogP contribution in [0.4, 0.5) is 0 Å². The van der Waals surface area contributed by atoms with E-state index in [9.17, 15) is 9.59 Å². The maximum atomic E-state index is 12.5. The molecular weight excluding hydrogens is 332 g/mol. The predicted octanol–water partition coefficient (Wildman–Crippen LogP) is 3.63. The minimum absolute atomic E-state index is 0.0212. The Morgan fingerprint density at radius 3 is 2.52 bits per heavy atom. The van der Waals surface area contributed by atoms with Gasteiger partial charge in [-0.05, 0) is 29.1 Å². The van der Waals surface area contributed by atoms with Gasteiger partial charge in [-0.2, -0.15) is 0 Å². The van der Waals surface area contributed by atoms with Crippen LogP contribution in [0.3, 0.4) is 0 Å². The molecule has 1 unspecified atom stereocenters. The van der Waals surface area contributed by atoms with Gasteiger partial charge in [-0.1, -0.05) is 29.8 Å². The van der Waals surface area contributed by atoms with E-state index in [2.05, 4.69) is 5.32 Å². The van der Waals surface area contributed by atoms with E-state index in [1.54, 1.807) is 35.4 Å². The molecule has 1 N–H and O–H groups in total. The zero-order valence-corrected chi connectivity index (χ0v) is 14.7. The number of nitrogens with zero attached hydrogens (tertiary/aromatic N) is 1. The molecule has 0 aliphatic heterocycles. The molecule has 23 heavy (non-hydrogen) atoms. The van der Waals surface area contributed by atoms with E-state index in [0.29, 0.717) is 11.6 Å². The molecule has 2 amide bonds. The minimum Gasteiger partial charge on any atom is -0.349 e. The maximum absolute atomic E-state index is 12.5. The third kappa shape index (κ3) is 5.37. The fourth-order valence-electron chi connectivity index (χ4n) is 2.25. The lowest BCUT2D eigenvalue weighted by Gasteiger charge is -2.22. The number of carbonyl (C=O) groups excluding carboxylic acids is 2. The number of hydrogen-bond donors (Lipinski definition) is 1. The summed E-state index contributed by atoms with van der Waals surface area (Å²) in [7, 11) is 1.77. The molecule has 1 atom stereocenters. The van der Waals surface area contributed by atoms with Crippen molar-refractivity contribution in [2.45, 2.75) is 25.9 Å². The number of thiophene rings is 1. The van der Waals surface area contributed by atoms with Gasteiger partial charge >= 0.3 is 0 Å². The second-order valence-corrected chi connectivity index (χ2v) is 6.81. The topological polar surface area (TPSA) is 49.4 Å². The van der Waals surface area contributed by atoms with Crippen molar-refractivity contribution < 1.29 is 9.59 Å². The summed E-state index contributed by atoms with van der Waals surface area (Å²) >= 11 is 7.51. The van der Waals surface area contributed by atoms with Crippen LogP contribution in [-0.4, -0.2) is 23.8 Å². The number of amides is 2. The van der Waals surface area contributed by atoms with Crippen molar-refractivity contribution in [3.05, 3.63) is 57.2 Å². The van der Waals surface area contributed by atoms with Crippen molar-refractivity contribution in [2.24, 2.45) is 0 Å². The molecule has 1 aromatic heterocycles. The van der Waals surface area contributed by atoms with E-state index >= 15 is 0 Å². The summed E-state index contributed by atoms with van der Waals surface area (Å²) in [4.78, 5) is 26.7. The molecular formula is C17H19ClN2O2S. The minimum atomic E-state index is -0.358. The van der Waals surface area contributed by atoms with Gasteiger partial charge in [-0.25, -0.2) is 0 Å². The summed E-state index contributed by atoms with van der Waals surface area (Å²) in [5.74, 6) is -0.189. The van der Waals surface area contributed by atoms with E-state index in [1.165, 1.54) is 6.92 Å². The molecule has 0 bridgehead atoms. The van der Waals surface area contributed by atoms with Crippen LogP contribution >= 0.6 is 22.9 Å². The Morgan fingerprint density at radius 1 is 1.26 bits per heavy atom. The number of hydrogen-bond acceptors (Lipinski definition) is 3. The smallest absolute Gasteiger partial charge is 0.225 e. The Labute approximate surface area is 145 Å². The summed E-state index contributed by atoms with van der Waals surface area (Å²) in [6, 6.07) is 10.8. The Morgan fingerprint density at radius 2 is 1.96 bits per heavy atom. The SMILES string of the molecule is CC(=O)NC(CC(=O)N(C)Cc1cccs1)c1ccc(Cl)cc1. The number of rotatable bonds is 6. The van der Waals surface area contributed by atoms with Crippen molar-refractivity contribution in [2.75, 3.05) is 7.05 Å². The lowest BCUT2D eigenvalue weighted by molar-refractivity contribution is -0.131. The Bertz CT molecular complexity index is 656. The van der Waals surface area contributed by atoms with Crippen LogP contribution in [0.25, 0.3) is 0 Å². The summed E-state index contributed by atoms with van der Waals surface area (Å²) in [6.45, 7) is 2.02. The van der Waals surface area contributed by atoms with Crippen LogP contribution in [0.5, 0.6) is 0 Å². The molecule has 2 aromatic rings. The highest BCUT2D eigenvalue weighted by atomic mass is 35.5. The first kappa shape index (κ1) is 17.5. The molecule has 0 saturated heterocycles. The quantitative estimate of drug-likeness (QED) is 0.864. The fraction of sp³-hybridized carbons (Fsp3) is 0.294. The van der Waals surface area contributed by atoms with Gasteiger partial charge < -0.3 is 10.2 Å². The first-order chi connectivity index (χ1) is 11.0. The summed E-state index contributed by atoms with van der Waals surface area (Å²) in [6.07, 6.45) is 0.211. The van der Waals surface area contributed by atoms with Gasteiger partial charge in [0.05, 0.1) is 19.0 Å². The molecule has 2 rings (SSSR count). The first-order valence-corrected chi connectivity index (χ1v) is 8.50. The van der Waals surface area contributed by atoms with E-state index < -0.39 is 0 Å². The van der Waals surface area contributed by atoms with Gasteiger partial charge in [0.25, 0.3) is 0 Å². The molecule has 0 aliphatic carbocycles. The lowest BCUT2D eigenvalue weighted by atomic mass is 10.0. The van der Waals surface area contributed by atoms with E-state index in [4.69, 9.17) is 11.6 Å². The Hall–Kier alpha value is -1.85. The average Bonchev–Trinajstić information content (AvgIpc) is 2.99. The molecule has 0 saturated carbocycles. The van der Waals surface area contributed by atoms with Crippen LogP contribution in [0.2, 0.25) is 5.02 Å². The van der Waals surface area contributed by atoms with Gasteiger partial charge in [0.1, 0.15) is 0 Å². The van der Waals surface area contributed by atoms with Crippen LogP contribution in [0.15, 0.2) is 41.8 Å². The third-order valence-corrected chi connectivity index (χ3v) is 4.54. The molecule has 0 spiro atoms. The van der Waals surface area contributed by atoms with E-state index in [0.717, 1.165) is 10.4 Å². The van der Waals surface area contributed by atoms with Gasteiger partial charge in [-0.3, -0.25) is 9.59 Å². The van der Waals surface area contributed by atoms with Gasteiger partial charge in [0.2, 0.25) is 11.8 Å². The molecule has 0 fully saturated rings. The molecule has 0 radical (unpaired) electrons. The van der Waals surface area contributed by atoms with Gasteiger partial charge in [-0.15, -0.1) is 11.3 Å². The molecule has 122 valence electrons. The molecule has 6 heteroatoms. The van der Waals surface area contributed by atoms with Crippen molar-refractivity contribution >= 4 is 34.8 Å². The van der Waals surface area contributed by atoms with E-state index in [-0.39, 0.29) is 24.3 Å². The lowest BCUT2D eigenvalue weighted by Crippen LogP contribution is -2.33. The number of halogens is 1. The van der Waals surface area contributed by atoms with Gasteiger partial charge in [0, 0.05) is 23.9 Å². The summed E-state index contributed by atoms with van der Waals surface area (Å²) in [5, 5.41) is 5.44. The number of benzene rings is 1. The monoisotopic (exact) mass is 350 g/mol. The Kier molecular flexibility index (Phi) is 6.19. The third-order valence-electron chi connectivity index (χ3n) is 3.43. The van der Waals surface area contributed by atoms with Crippen LogP contribution in [-0.2, 0) is 16.1 Å². The molecule has 0 aliphatic rings. The number of nitrogens with one attached hydrogen (secondary N) is 1. The molecule has 1 aromatic carbocycles. The fourth-order valence-corrected chi connectivity index (χ4v) is 3.13. The van der Waals surface area contributed by atoms with Crippen molar-refractivity contribution in [3.8, 4) is 0 Å². The van der Waals surface area contributed by atoms with Crippen LogP contribution < -0.4 is 5.32 Å². The van der Waals surface area contributed by atoms with Gasteiger partial charge in [0.15, 0.2) is 0 Å². The highest BCUT2D eigenvalue weighted by Gasteiger charge is 2.19. The van der Waals surface area contributed by atoms with Crippen molar-refractivity contribution in [1.82, 2.24) is 10.2 Å². The highest BCUT2D eigenvalue weighted by Crippen LogP contribution is 2.21. The van der Waals surface area contributed by atoms with Crippen LogP contribution in [0.1, 0.15) is 29.8 Å². The highest BCUT2D eigenvalue weighted by molar-refractivity contribution is 7.09. The largest absolute Gasteiger partial charge is 0.349 e. The molecule has 1 heterocycles. The van der Waals surface area contributed by atoms with Crippen molar-refractivity contribution in [1.29, 1.82) is 0 Å². The average molecular weight is 351 g/mol. The Balaban J connectivity index is 2.05. The van der Waals surface area contributed by atoms with Crippen molar-refractivity contribution in [3.63, 3.8) is 0 Å². The van der Waals surface area contributed by atoms with Crippen LogP contribution in [0, 0.1) is 0 Å². The maximum Gasteiger partial charge on any atom is 0.225 e. The second-order valence-electron chi connectivity index (χ2n) is 5.34. The second kappa shape index (κ2) is 8.13. The number of carbonyl (C=O) groups is 2. The summed E-state index contributed by atoms with van der Waals surface area (Å²) in [5.41, 5.74) is 0.863. The molecule has 4 nitrogen and oxygen atoms in total. The normalized spacial score (nSPS) is 11.8. The predicted molar refractivity (Wildman–Crippen MR) is 93.4 cm³/mol. The zero-order valence-electron chi connectivity index (χ0n) is 13.1. The standard InChI is InChI=1S/C17H19ClN2O2S/c1-12(21)19-16(13-5-7-14(18)8-6-13)10-17(22)20(2)11-15-4-3-9-23-15/h3-9,16H,10-11H2,1-2H3,(H,19,21). The first-order valence-electron chi connectivity index (χ1n) is 7.24. The zero-order chi connectivity index (χ0) is 16.8. The summed E-state index contributed by atoms with van der Waals surface area (Å²) < 4.78 is 0.